The third kappa shape index (κ3) is 30.9. The van der Waals surface area contributed by atoms with E-state index in [-0.39, 0.29) is 31.1 Å². The summed E-state index contributed by atoms with van der Waals surface area (Å²) in [4.78, 5) is 0. The van der Waals surface area contributed by atoms with Crippen molar-refractivity contribution in [2.75, 3.05) is 5.38 Å². The highest BCUT2D eigenvalue weighted by molar-refractivity contribution is 7.82. The topological polar surface area (TPSA) is 0 Å². The molecule has 0 heterocycles. The molecular formula is C6H22SSi. The first-order valence-corrected chi connectivity index (χ1v) is 5.64. The summed E-state index contributed by atoms with van der Waals surface area (Å²) in [5.74, 6) is 0. The number of thiol groups is 1. The van der Waals surface area contributed by atoms with E-state index in [0.717, 1.165) is 5.38 Å². The molecule has 0 aliphatic rings. The van der Waals surface area contributed by atoms with E-state index in [1.54, 1.807) is 0 Å². The van der Waals surface area contributed by atoms with Crippen molar-refractivity contribution in [2.24, 2.45) is 0 Å². The average Bonchev–Trinajstić information content (AvgIpc) is 1.38. The Bertz CT molecular complexity index is 22.5. The highest BCUT2D eigenvalue weighted by atomic mass is 32.1. The Labute approximate surface area is 62.7 Å². The first kappa shape index (κ1) is 23.5. The fourth-order valence-electron chi connectivity index (χ4n) is 0. The van der Waals surface area contributed by atoms with E-state index in [1.807, 2.05) is 0 Å². The van der Waals surface area contributed by atoms with Crippen LogP contribution in [-0.4, -0.2) is 14.2 Å². The number of rotatable bonds is 1. The van der Waals surface area contributed by atoms with Crippen molar-refractivity contribution in [1.29, 1.82) is 0 Å². The van der Waals surface area contributed by atoms with E-state index in [9.17, 15) is 0 Å². The van der Waals surface area contributed by atoms with Crippen LogP contribution in [0.1, 0.15) is 22.3 Å². The minimum Gasteiger partial charge on any atom is -0.183 e. The summed E-state index contributed by atoms with van der Waals surface area (Å²) in [6.45, 7) is 4.57. The van der Waals surface area contributed by atoms with Crippen LogP contribution in [0.4, 0.5) is 0 Å². The van der Waals surface area contributed by atoms with E-state index >= 15 is 0 Å². The molecule has 0 saturated heterocycles. The van der Waals surface area contributed by atoms with Crippen molar-refractivity contribution < 1.29 is 0 Å². The molecule has 0 spiro atoms. The molecular weight excluding hydrogens is 132 g/mol. The molecule has 8 heavy (non-hydrogen) atoms. The van der Waals surface area contributed by atoms with Crippen LogP contribution >= 0.6 is 12.6 Å². The van der Waals surface area contributed by atoms with Crippen LogP contribution in [-0.2, 0) is 0 Å². The molecule has 0 aromatic carbocycles. The van der Waals surface area contributed by atoms with Crippen molar-refractivity contribution in [1.82, 2.24) is 0 Å². The van der Waals surface area contributed by atoms with Gasteiger partial charge in [-0.2, -0.15) is 12.6 Å². The predicted octanol–water partition coefficient (Wildman–Crippen LogP) is 2.85. The standard InChI is InChI=1S/C3H10SSi.3CH4/c1-5(2)3-4;;;/h4-5H,3H2,1-2H3;3*1H4. The summed E-state index contributed by atoms with van der Waals surface area (Å²) >= 11 is 4.08. The molecule has 0 unspecified atom stereocenters. The van der Waals surface area contributed by atoms with Crippen LogP contribution in [0.15, 0.2) is 0 Å². The average molecular weight is 154 g/mol. The summed E-state index contributed by atoms with van der Waals surface area (Å²) < 4.78 is 0. The quantitative estimate of drug-likeness (QED) is 0.436. The van der Waals surface area contributed by atoms with Crippen LogP contribution in [0.5, 0.6) is 0 Å². The summed E-state index contributed by atoms with van der Waals surface area (Å²) in [5.41, 5.74) is 0. The number of hydrogen-bond donors (Lipinski definition) is 1. The summed E-state index contributed by atoms with van der Waals surface area (Å²) in [6.07, 6.45) is 0. The molecule has 0 N–H and O–H groups in total. The molecule has 0 nitrogen and oxygen atoms in total. The second-order valence-electron chi connectivity index (χ2n) is 1.58. The zero-order chi connectivity index (χ0) is 4.28. The van der Waals surface area contributed by atoms with Gasteiger partial charge in [-0.15, -0.1) is 0 Å². The smallest absolute Gasteiger partial charge is 0.0414 e. The van der Waals surface area contributed by atoms with Gasteiger partial charge in [-0.1, -0.05) is 35.4 Å². The van der Waals surface area contributed by atoms with Gasteiger partial charge in [0.1, 0.15) is 0 Å². The highest BCUT2D eigenvalue weighted by Crippen LogP contribution is 1.79. The first-order chi connectivity index (χ1) is 2.27. The minimum atomic E-state index is -0.285. The van der Waals surface area contributed by atoms with Gasteiger partial charge in [-0.25, -0.2) is 0 Å². The second-order valence-corrected chi connectivity index (χ2v) is 5.82. The fourth-order valence-corrected chi connectivity index (χ4v) is 0. The maximum atomic E-state index is 4.08. The molecule has 0 radical (unpaired) electrons. The van der Waals surface area contributed by atoms with E-state index in [2.05, 4.69) is 25.7 Å². The molecule has 0 atom stereocenters. The third-order valence-corrected chi connectivity index (χ3v) is 3.29. The molecule has 2 heteroatoms. The van der Waals surface area contributed by atoms with Crippen molar-refractivity contribution in [2.45, 2.75) is 35.4 Å². The SMILES string of the molecule is C.C.C.C[SiH](C)CS. The molecule has 0 aromatic rings. The molecule has 0 amide bonds. The Hall–Kier alpha value is 0.567. The van der Waals surface area contributed by atoms with Crippen LogP contribution in [0, 0.1) is 0 Å². The van der Waals surface area contributed by atoms with Crippen molar-refractivity contribution >= 4 is 21.4 Å². The zero-order valence-corrected chi connectivity index (χ0v) is 5.78. The summed E-state index contributed by atoms with van der Waals surface area (Å²) in [5, 5.41) is 1.14. The maximum Gasteiger partial charge on any atom is 0.0414 e. The van der Waals surface area contributed by atoms with Gasteiger partial charge < -0.3 is 0 Å². The van der Waals surface area contributed by atoms with Gasteiger partial charge in [0, 0.05) is 8.80 Å². The van der Waals surface area contributed by atoms with E-state index in [4.69, 9.17) is 0 Å². The maximum absolute atomic E-state index is 4.08. The van der Waals surface area contributed by atoms with Crippen molar-refractivity contribution in [3.63, 3.8) is 0 Å². The van der Waals surface area contributed by atoms with E-state index in [1.165, 1.54) is 0 Å². The van der Waals surface area contributed by atoms with E-state index in [0.29, 0.717) is 0 Å². The molecule has 0 bridgehead atoms. The van der Waals surface area contributed by atoms with Crippen molar-refractivity contribution in [3.05, 3.63) is 0 Å². The lowest BCUT2D eigenvalue weighted by Gasteiger charge is -1.87. The lowest BCUT2D eigenvalue weighted by atomic mass is 11.8. The van der Waals surface area contributed by atoms with Crippen LogP contribution < -0.4 is 0 Å². The second kappa shape index (κ2) is 15.6. The highest BCUT2D eigenvalue weighted by Gasteiger charge is 1.83. The van der Waals surface area contributed by atoms with Crippen LogP contribution in [0.3, 0.4) is 0 Å². The molecule has 0 aromatic heterocycles. The first-order valence-electron chi connectivity index (χ1n) is 1.88. The van der Waals surface area contributed by atoms with Crippen LogP contribution in [0.2, 0.25) is 13.1 Å². The van der Waals surface area contributed by atoms with Gasteiger partial charge in [-0.05, 0) is 5.38 Å². The third-order valence-electron chi connectivity index (χ3n) is 0.365. The molecule has 56 valence electrons. The monoisotopic (exact) mass is 154 g/mol. The molecule has 0 aliphatic heterocycles. The molecule has 0 aliphatic carbocycles. The Morgan fingerprint density at radius 1 is 1.12 bits per heavy atom. The zero-order valence-electron chi connectivity index (χ0n) is 3.73. The summed E-state index contributed by atoms with van der Waals surface area (Å²) in [7, 11) is -0.285. The lowest BCUT2D eigenvalue weighted by Crippen LogP contribution is -1.99. The van der Waals surface area contributed by atoms with Gasteiger partial charge >= 0.3 is 0 Å². The Morgan fingerprint density at radius 2 is 1.25 bits per heavy atom. The van der Waals surface area contributed by atoms with Crippen molar-refractivity contribution in [3.8, 4) is 0 Å². The lowest BCUT2D eigenvalue weighted by molar-refractivity contribution is 1.88. The predicted molar refractivity (Wildman–Crippen MR) is 52.9 cm³/mol. The largest absolute Gasteiger partial charge is 0.183 e. The molecule has 0 fully saturated rings. The Balaban J connectivity index is -0.0000000267. The fraction of sp³-hybridized carbons (Fsp3) is 1.00. The molecule has 0 saturated carbocycles. The van der Waals surface area contributed by atoms with E-state index < -0.39 is 0 Å². The molecule has 0 rings (SSSR count). The van der Waals surface area contributed by atoms with Gasteiger partial charge in [0.2, 0.25) is 0 Å². The van der Waals surface area contributed by atoms with Gasteiger partial charge in [0.05, 0.1) is 0 Å². The summed E-state index contributed by atoms with van der Waals surface area (Å²) in [6, 6.07) is 0. The minimum absolute atomic E-state index is 0. The van der Waals surface area contributed by atoms with Gasteiger partial charge in [0.25, 0.3) is 0 Å². The van der Waals surface area contributed by atoms with Gasteiger partial charge in [-0.3, -0.25) is 0 Å². The Morgan fingerprint density at radius 3 is 1.25 bits per heavy atom. The normalized spacial score (nSPS) is 6.00. The van der Waals surface area contributed by atoms with Crippen LogP contribution in [0.25, 0.3) is 0 Å². The number of hydrogen-bond acceptors (Lipinski definition) is 1. The van der Waals surface area contributed by atoms with Gasteiger partial charge in [0.15, 0.2) is 0 Å². The Kier molecular flexibility index (Phi) is 46.0.